The van der Waals surface area contributed by atoms with Crippen molar-refractivity contribution in [3.63, 3.8) is 0 Å². The van der Waals surface area contributed by atoms with Gasteiger partial charge in [-0.25, -0.2) is 0 Å². The average Bonchev–Trinajstić information content (AvgIpc) is 3.70. The molecule has 0 bridgehead atoms. The highest BCUT2D eigenvalue weighted by Gasteiger charge is 2.20. The van der Waals surface area contributed by atoms with Crippen molar-refractivity contribution in [1.82, 2.24) is 0 Å². The van der Waals surface area contributed by atoms with Crippen LogP contribution >= 0.6 is 0 Å². The van der Waals surface area contributed by atoms with Gasteiger partial charge in [-0.15, -0.1) is 0 Å². The van der Waals surface area contributed by atoms with E-state index in [2.05, 4.69) is 218 Å². The van der Waals surface area contributed by atoms with Gasteiger partial charge in [0.05, 0.1) is 0 Å². The smallest absolute Gasteiger partial charge is 0.136 e. The zero-order chi connectivity index (χ0) is 41.2. The van der Waals surface area contributed by atoms with E-state index >= 15 is 0 Å². The van der Waals surface area contributed by atoms with Crippen LogP contribution in [0.2, 0.25) is 0 Å². The molecule has 0 atom stereocenters. The van der Waals surface area contributed by atoms with Crippen LogP contribution in [0.15, 0.2) is 223 Å². The highest BCUT2D eigenvalue weighted by molar-refractivity contribution is 6.29. The first-order chi connectivity index (χ1) is 31.2. The average molecular weight is 797 g/mol. The van der Waals surface area contributed by atoms with E-state index in [0.29, 0.717) is 0 Å². The summed E-state index contributed by atoms with van der Waals surface area (Å²) in [6.07, 6.45) is 0. The van der Waals surface area contributed by atoms with Gasteiger partial charge >= 0.3 is 0 Å². The molecule has 1 aromatic heterocycles. The van der Waals surface area contributed by atoms with Crippen LogP contribution in [0, 0.1) is 0 Å². The number of hydrogen-bond donors (Lipinski definition) is 0. The first kappa shape index (κ1) is 34.5. The molecule has 14 rings (SSSR count). The first-order valence-corrected chi connectivity index (χ1v) is 21.8. The van der Waals surface area contributed by atoms with Gasteiger partial charge in [0, 0.05) is 10.8 Å². The quantitative estimate of drug-likeness (QED) is 0.128. The summed E-state index contributed by atoms with van der Waals surface area (Å²) >= 11 is 0. The van der Waals surface area contributed by atoms with Gasteiger partial charge in [0.25, 0.3) is 0 Å². The Morgan fingerprint density at radius 3 is 1.30 bits per heavy atom. The van der Waals surface area contributed by atoms with Crippen LogP contribution in [0.5, 0.6) is 0 Å². The van der Waals surface area contributed by atoms with Gasteiger partial charge < -0.3 is 4.42 Å². The van der Waals surface area contributed by atoms with Crippen LogP contribution in [0.4, 0.5) is 0 Å². The summed E-state index contributed by atoms with van der Waals surface area (Å²) in [5.41, 5.74) is 9.26. The number of benzene rings is 13. The number of hydrogen-bond acceptors (Lipinski definition) is 1. The van der Waals surface area contributed by atoms with E-state index < -0.39 is 0 Å². The fraction of sp³-hybridized carbons (Fsp3) is 0. The molecule has 0 N–H and O–H groups in total. The molecule has 0 spiro atoms. The van der Waals surface area contributed by atoms with Gasteiger partial charge in [0.15, 0.2) is 0 Å². The Bertz CT molecular complexity index is 4190. The normalized spacial score (nSPS) is 12.1. The van der Waals surface area contributed by atoms with Gasteiger partial charge in [-0.05, 0) is 156 Å². The van der Waals surface area contributed by atoms with E-state index in [4.69, 9.17) is 4.42 Å². The minimum absolute atomic E-state index is 0.919. The first-order valence-electron chi connectivity index (χ1n) is 21.8. The van der Waals surface area contributed by atoms with Crippen LogP contribution in [-0.2, 0) is 0 Å². The maximum absolute atomic E-state index is 6.59. The molecule has 14 aromatic rings. The van der Waals surface area contributed by atoms with E-state index in [9.17, 15) is 0 Å². The molecule has 0 fully saturated rings. The second kappa shape index (κ2) is 13.1. The molecule has 0 saturated carbocycles. The molecule has 1 heterocycles. The van der Waals surface area contributed by atoms with Crippen LogP contribution in [-0.4, -0.2) is 0 Å². The number of furan rings is 1. The molecule has 0 amide bonds. The molecule has 13 aromatic carbocycles. The second-order valence-corrected chi connectivity index (χ2v) is 17.1. The van der Waals surface area contributed by atoms with Crippen LogP contribution in [0.1, 0.15) is 0 Å². The summed E-state index contributed by atoms with van der Waals surface area (Å²) in [4.78, 5) is 0. The topological polar surface area (TPSA) is 13.1 Å². The summed E-state index contributed by atoms with van der Waals surface area (Å²) < 4.78 is 6.59. The molecular weight excluding hydrogens is 761 g/mol. The Kier molecular flexibility index (Phi) is 7.17. The molecule has 1 nitrogen and oxygen atoms in total. The van der Waals surface area contributed by atoms with Gasteiger partial charge in [-0.3, -0.25) is 0 Å². The van der Waals surface area contributed by atoms with E-state index in [-0.39, 0.29) is 0 Å². The fourth-order valence-corrected chi connectivity index (χ4v) is 10.9. The van der Waals surface area contributed by atoms with Crippen molar-refractivity contribution in [1.29, 1.82) is 0 Å². The summed E-state index contributed by atoms with van der Waals surface area (Å²) in [7, 11) is 0. The minimum Gasteiger partial charge on any atom is -0.456 e. The number of rotatable bonds is 3. The van der Waals surface area contributed by atoms with Crippen molar-refractivity contribution < 1.29 is 4.42 Å². The molecule has 0 unspecified atom stereocenters. The molecule has 0 aliphatic heterocycles. The Morgan fingerprint density at radius 1 is 0.206 bits per heavy atom. The molecule has 0 aliphatic carbocycles. The van der Waals surface area contributed by atoms with Gasteiger partial charge in [-0.1, -0.05) is 182 Å². The molecule has 0 saturated heterocycles. The fourth-order valence-electron chi connectivity index (χ4n) is 10.9. The molecule has 63 heavy (non-hydrogen) atoms. The third-order valence-electron chi connectivity index (χ3n) is 13.8. The van der Waals surface area contributed by atoms with E-state index in [0.717, 1.165) is 21.9 Å². The summed E-state index contributed by atoms with van der Waals surface area (Å²) in [6.45, 7) is 0. The Balaban J connectivity index is 0.930. The maximum atomic E-state index is 6.59. The van der Waals surface area contributed by atoms with Crippen LogP contribution < -0.4 is 0 Å². The Morgan fingerprint density at radius 2 is 0.635 bits per heavy atom. The zero-order valence-electron chi connectivity index (χ0n) is 34.2. The Hall–Kier alpha value is -8.26. The predicted molar refractivity (Wildman–Crippen MR) is 270 cm³/mol. The summed E-state index contributed by atoms with van der Waals surface area (Å²) in [6, 6.07) is 80.7. The van der Waals surface area contributed by atoms with Crippen molar-refractivity contribution in [2.75, 3.05) is 0 Å². The van der Waals surface area contributed by atoms with Crippen LogP contribution in [0.25, 0.3) is 141 Å². The second-order valence-electron chi connectivity index (χ2n) is 17.1. The summed E-state index contributed by atoms with van der Waals surface area (Å²) in [5.74, 6) is 0. The molecular formula is C62H36O. The highest BCUT2D eigenvalue weighted by atomic mass is 16.3. The molecule has 0 radical (unpaired) electrons. The highest BCUT2D eigenvalue weighted by Crippen LogP contribution is 2.47. The lowest BCUT2D eigenvalue weighted by Gasteiger charge is -2.19. The number of fused-ring (bicyclic) bond motifs is 15. The van der Waals surface area contributed by atoms with Crippen molar-refractivity contribution in [3.8, 4) is 33.4 Å². The largest absolute Gasteiger partial charge is 0.456 e. The lowest BCUT2D eigenvalue weighted by atomic mass is 9.83. The zero-order valence-corrected chi connectivity index (χ0v) is 34.2. The molecule has 290 valence electrons. The third-order valence-corrected chi connectivity index (χ3v) is 13.8. The molecule has 0 aliphatic rings. The van der Waals surface area contributed by atoms with E-state index in [1.807, 2.05) is 0 Å². The van der Waals surface area contributed by atoms with Gasteiger partial charge in [0.2, 0.25) is 0 Å². The van der Waals surface area contributed by atoms with Crippen LogP contribution in [0.3, 0.4) is 0 Å². The van der Waals surface area contributed by atoms with Crippen molar-refractivity contribution in [2.45, 2.75) is 0 Å². The van der Waals surface area contributed by atoms with Gasteiger partial charge in [-0.2, -0.15) is 0 Å². The lowest BCUT2D eigenvalue weighted by molar-refractivity contribution is 0.670. The Labute approximate surface area is 362 Å². The minimum atomic E-state index is 0.919. The predicted octanol–water partition coefficient (Wildman–Crippen LogP) is 17.8. The van der Waals surface area contributed by atoms with E-state index in [1.54, 1.807) is 0 Å². The SMILES string of the molecule is c1ccc2cc3c(cc2c1)oc1cc2c4ccc(-c5ccc(-c6c7ccccc7c(-c7cc8ccccc8c8ccccc78)c7ccccc67)cc5)cc4c4ccccc4c2cc13. The van der Waals surface area contributed by atoms with Crippen molar-refractivity contribution >= 4 is 108 Å². The molecule has 1 heteroatoms. The maximum Gasteiger partial charge on any atom is 0.136 e. The van der Waals surface area contributed by atoms with E-state index in [1.165, 1.54) is 120 Å². The monoisotopic (exact) mass is 796 g/mol. The third kappa shape index (κ3) is 5.05. The summed E-state index contributed by atoms with van der Waals surface area (Å²) in [5, 5.41) is 22.3. The van der Waals surface area contributed by atoms with Crippen molar-refractivity contribution in [2.24, 2.45) is 0 Å². The van der Waals surface area contributed by atoms with Crippen molar-refractivity contribution in [3.05, 3.63) is 218 Å². The van der Waals surface area contributed by atoms with Gasteiger partial charge in [0.1, 0.15) is 11.2 Å². The standard InChI is InChI=1S/C62H36O/c1-2-14-40-34-59-56(32-39(40)13-1)57-35-54-46-19-7-6-18-45(46)53-31-41(29-30-48(53)55(54)36-60(57)63-59)37-25-27-38(28-26-37)61-49-21-9-11-23-51(49)62(52-24-12-10-22-50(52)61)58-33-42-15-3-4-16-43(42)44-17-5-8-20-47(44)58/h1-36H. The lowest BCUT2D eigenvalue weighted by Crippen LogP contribution is -1.92.